The Balaban J connectivity index is 1.51. The number of piperidine rings is 1. The molecule has 0 saturated carbocycles. The van der Waals surface area contributed by atoms with E-state index in [0.717, 1.165) is 12.8 Å². The van der Waals surface area contributed by atoms with Gasteiger partial charge in [-0.15, -0.1) is 0 Å². The fraction of sp³-hybridized carbons (Fsp3) is 0.550. The third-order valence-corrected chi connectivity index (χ3v) is 5.08. The first-order valence-corrected chi connectivity index (χ1v) is 9.60. The van der Waals surface area contributed by atoms with Crippen LogP contribution in [0.4, 0.5) is 0 Å². The Morgan fingerprint density at radius 3 is 2.64 bits per heavy atom. The minimum Gasteiger partial charge on any atom is -0.484 e. The predicted molar refractivity (Wildman–Crippen MR) is 99.8 cm³/mol. The summed E-state index contributed by atoms with van der Waals surface area (Å²) in [5.41, 5.74) is 0. The smallest absolute Gasteiger partial charge is 0.306 e. The normalized spacial score (nSPS) is 22.6. The highest BCUT2D eigenvalue weighted by Gasteiger charge is 2.34. The van der Waals surface area contributed by atoms with E-state index in [1.54, 1.807) is 21.9 Å². The number of carbonyl (C=O) groups is 3. The van der Waals surface area contributed by atoms with Crippen molar-refractivity contribution in [2.75, 3.05) is 39.4 Å². The molecule has 2 saturated heterocycles. The lowest BCUT2D eigenvalue weighted by molar-refractivity contribution is -0.152. The van der Waals surface area contributed by atoms with Gasteiger partial charge in [-0.25, -0.2) is 0 Å². The van der Waals surface area contributed by atoms with E-state index in [1.165, 1.54) is 0 Å². The number of rotatable bonds is 6. The van der Waals surface area contributed by atoms with Gasteiger partial charge in [-0.2, -0.15) is 0 Å². The lowest BCUT2D eigenvalue weighted by Crippen LogP contribution is -2.52. The van der Waals surface area contributed by atoms with Crippen LogP contribution in [-0.2, 0) is 19.1 Å². The van der Waals surface area contributed by atoms with E-state index in [0.29, 0.717) is 32.0 Å². The molecule has 2 atom stereocenters. The Labute approximate surface area is 164 Å². The molecule has 0 aromatic heterocycles. The second-order valence-electron chi connectivity index (χ2n) is 7.16. The number of benzene rings is 1. The molecule has 0 spiro atoms. The van der Waals surface area contributed by atoms with Crippen molar-refractivity contribution < 1.29 is 29.0 Å². The molecular formula is C20H26N2O6. The standard InChI is InChI=1S/C20H26N2O6/c23-18(14-28-16-6-2-1-3-7-16)21-8-4-5-15(12-21)20(26)22-9-10-27-17(13-22)11-19(24)25/h1-3,6-7,15,17H,4-5,8-14H2,(H,24,25). The summed E-state index contributed by atoms with van der Waals surface area (Å²) >= 11 is 0. The predicted octanol–water partition coefficient (Wildman–Crippen LogP) is 1.01. The average Bonchev–Trinajstić information content (AvgIpc) is 2.72. The molecule has 8 heteroatoms. The number of likely N-dealkylation sites (tertiary alicyclic amines) is 1. The Morgan fingerprint density at radius 2 is 1.89 bits per heavy atom. The van der Waals surface area contributed by atoms with Gasteiger partial charge in [0.05, 0.1) is 25.0 Å². The van der Waals surface area contributed by atoms with Crippen molar-refractivity contribution >= 4 is 17.8 Å². The van der Waals surface area contributed by atoms with Crippen LogP contribution in [0.5, 0.6) is 5.75 Å². The van der Waals surface area contributed by atoms with Crippen molar-refractivity contribution in [1.29, 1.82) is 0 Å². The minimum absolute atomic E-state index is 0.0276. The molecule has 2 fully saturated rings. The van der Waals surface area contributed by atoms with Gasteiger partial charge in [0, 0.05) is 26.2 Å². The first-order valence-electron chi connectivity index (χ1n) is 9.60. The fourth-order valence-corrected chi connectivity index (χ4v) is 3.65. The first kappa shape index (κ1) is 20.1. The largest absolute Gasteiger partial charge is 0.484 e. The van der Waals surface area contributed by atoms with Crippen molar-refractivity contribution in [3.05, 3.63) is 30.3 Å². The van der Waals surface area contributed by atoms with Crippen LogP contribution in [0.25, 0.3) is 0 Å². The molecule has 3 rings (SSSR count). The summed E-state index contributed by atoms with van der Waals surface area (Å²) in [6, 6.07) is 9.15. The zero-order chi connectivity index (χ0) is 19.9. The molecule has 1 N–H and O–H groups in total. The molecule has 2 aliphatic heterocycles. The molecule has 2 heterocycles. The second kappa shape index (κ2) is 9.54. The molecule has 0 aliphatic carbocycles. The Bertz CT molecular complexity index is 695. The van der Waals surface area contributed by atoms with Gasteiger partial charge in [0.25, 0.3) is 5.91 Å². The SMILES string of the molecule is O=C(O)CC1CN(C(=O)C2CCCN(C(=O)COc3ccccc3)C2)CCO1. The molecule has 1 aromatic rings. The molecule has 28 heavy (non-hydrogen) atoms. The minimum atomic E-state index is -0.938. The number of para-hydroxylation sites is 1. The molecule has 8 nitrogen and oxygen atoms in total. The summed E-state index contributed by atoms with van der Waals surface area (Å²) in [5, 5.41) is 8.93. The Kier molecular flexibility index (Phi) is 6.86. The summed E-state index contributed by atoms with van der Waals surface area (Å²) in [6.07, 6.45) is 0.894. The summed E-state index contributed by atoms with van der Waals surface area (Å²) in [5.74, 6) is -0.726. The van der Waals surface area contributed by atoms with Crippen LogP contribution < -0.4 is 4.74 Å². The van der Waals surface area contributed by atoms with Crippen LogP contribution in [0.15, 0.2) is 30.3 Å². The zero-order valence-electron chi connectivity index (χ0n) is 15.8. The number of carboxylic acid groups (broad SMARTS) is 1. The van der Waals surface area contributed by atoms with Gasteiger partial charge < -0.3 is 24.4 Å². The van der Waals surface area contributed by atoms with Crippen LogP contribution in [0.3, 0.4) is 0 Å². The number of carboxylic acids is 1. The number of morpholine rings is 1. The fourth-order valence-electron chi connectivity index (χ4n) is 3.65. The van der Waals surface area contributed by atoms with Gasteiger partial charge in [-0.3, -0.25) is 14.4 Å². The molecule has 152 valence electrons. The van der Waals surface area contributed by atoms with Gasteiger partial charge >= 0.3 is 5.97 Å². The first-order chi connectivity index (χ1) is 13.5. The highest BCUT2D eigenvalue weighted by molar-refractivity contribution is 5.82. The summed E-state index contributed by atoms with van der Waals surface area (Å²) in [6.45, 7) is 2.01. The van der Waals surface area contributed by atoms with Crippen molar-refractivity contribution in [3.63, 3.8) is 0 Å². The van der Waals surface area contributed by atoms with Crippen LogP contribution in [0, 0.1) is 5.92 Å². The average molecular weight is 390 g/mol. The molecule has 2 unspecified atom stereocenters. The summed E-state index contributed by atoms with van der Waals surface area (Å²) < 4.78 is 11.0. The maximum Gasteiger partial charge on any atom is 0.306 e. The molecule has 2 amide bonds. The number of amides is 2. The van der Waals surface area contributed by atoms with Crippen LogP contribution >= 0.6 is 0 Å². The molecule has 1 aromatic carbocycles. The van der Waals surface area contributed by atoms with E-state index in [4.69, 9.17) is 14.6 Å². The van der Waals surface area contributed by atoms with Crippen LogP contribution in [-0.4, -0.2) is 78.2 Å². The highest BCUT2D eigenvalue weighted by atomic mass is 16.5. The molecule has 0 radical (unpaired) electrons. The van der Waals surface area contributed by atoms with Crippen molar-refractivity contribution in [2.24, 2.45) is 5.92 Å². The van der Waals surface area contributed by atoms with Gasteiger partial charge in [0.2, 0.25) is 5.91 Å². The van der Waals surface area contributed by atoms with Crippen molar-refractivity contribution in [2.45, 2.75) is 25.4 Å². The number of hydrogen-bond acceptors (Lipinski definition) is 5. The third-order valence-electron chi connectivity index (χ3n) is 5.08. The Morgan fingerprint density at radius 1 is 1.11 bits per heavy atom. The van der Waals surface area contributed by atoms with Gasteiger partial charge in [0.1, 0.15) is 5.75 Å². The van der Waals surface area contributed by atoms with Crippen molar-refractivity contribution in [1.82, 2.24) is 9.80 Å². The number of carbonyl (C=O) groups excluding carboxylic acids is 2. The number of ether oxygens (including phenoxy) is 2. The zero-order valence-corrected chi connectivity index (χ0v) is 15.8. The highest BCUT2D eigenvalue weighted by Crippen LogP contribution is 2.21. The van der Waals surface area contributed by atoms with Crippen LogP contribution in [0.2, 0.25) is 0 Å². The number of nitrogens with zero attached hydrogens (tertiary/aromatic N) is 2. The third kappa shape index (κ3) is 5.45. The van der Waals surface area contributed by atoms with E-state index in [1.807, 2.05) is 18.2 Å². The van der Waals surface area contributed by atoms with E-state index in [9.17, 15) is 14.4 Å². The maximum atomic E-state index is 12.9. The second-order valence-corrected chi connectivity index (χ2v) is 7.16. The molecule has 2 aliphatic rings. The summed E-state index contributed by atoms with van der Waals surface area (Å²) in [4.78, 5) is 39.6. The molecular weight excluding hydrogens is 364 g/mol. The van der Waals surface area contributed by atoms with Crippen LogP contribution in [0.1, 0.15) is 19.3 Å². The topological polar surface area (TPSA) is 96.4 Å². The van der Waals surface area contributed by atoms with E-state index in [2.05, 4.69) is 0 Å². The van der Waals surface area contributed by atoms with Gasteiger partial charge in [0.15, 0.2) is 6.61 Å². The lowest BCUT2D eigenvalue weighted by Gasteiger charge is -2.38. The lowest BCUT2D eigenvalue weighted by atomic mass is 9.96. The molecule has 0 bridgehead atoms. The number of aliphatic carboxylic acids is 1. The van der Waals surface area contributed by atoms with E-state index in [-0.39, 0.29) is 37.3 Å². The number of hydrogen-bond donors (Lipinski definition) is 1. The Hall–Kier alpha value is -2.61. The van der Waals surface area contributed by atoms with Gasteiger partial charge in [-0.1, -0.05) is 18.2 Å². The van der Waals surface area contributed by atoms with Crippen molar-refractivity contribution in [3.8, 4) is 5.75 Å². The maximum absolute atomic E-state index is 12.9. The van der Waals surface area contributed by atoms with E-state index >= 15 is 0 Å². The van der Waals surface area contributed by atoms with E-state index < -0.39 is 12.1 Å². The summed E-state index contributed by atoms with van der Waals surface area (Å²) in [7, 11) is 0. The monoisotopic (exact) mass is 390 g/mol. The van der Waals surface area contributed by atoms with Gasteiger partial charge in [-0.05, 0) is 25.0 Å². The quantitative estimate of drug-likeness (QED) is 0.779.